The first-order valence-electron chi connectivity index (χ1n) is 6.71. The van der Waals surface area contributed by atoms with Crippen molar-refractivity contribution in [3.8, 4) is 0 Å². The Balaban J connectivity index is 1.86. The Morgan fingerprint density at radius 1 is 1.05 bits per heavy atom. The van der Waals surface area contributed by atoms with E-state index in [1.165, 1.54) is 27.3 Å². The van der Waals surface area contributed by atoms with Gasteiger partial charge in [-0.1, -0.05) is 42.8 Å². The van der Waals surface area contributed by atoms with Gasteiger partial charge < -0.3 is 0 Å². The van der Waals surface area contributed by atoms with Crippen LogP contribution in [0.5, 0.6) is 0 Å². The van der Waals surface area contributed by atoms with Crippen molar-refractivity contribution in [2.24, 2.45) is 0 Å². The molecule has 98 valence electrons. The molecule has 0 unspecified atom stereocenters. The lowest BCUT2D eigenvalue weighted by atomic mass is 10.1. The molecule has 2 aromatic carbocycles. The summed E-state index contributed by atoms with van der Waals surface area (Å²) in [5, 5.41) is 1.30. The zero-order chi connectivity index (χ0) is 13.2. The molecule has 0 fully saturated rings. The van der Waals surface area contributed by atoms with Crippen molar-refractivity contribution < 1.29 is 0 Å². The average Bonchev–Trinajstić information content (AvgIpc) is 2.41. The van der Waals surface area contributed by atoms with E-state index in [1.807, 2.05) is 23.5 Å². The largest absolute Gasteiger partial charge is 0.123 e. The summed E-state index contributed by atoms with van der Waals surface area (Å²) < 4.78 is 0. The number of hydrogen-bond donors (Lipinski definition) is 0. The van der Waals surface area contributed by atoms with E-state index in [4.69, 9.17) is 0 Å². The molecule has 0 saturated carbocycles. The minimum atomic E-state index is 0.593. The zero-order valence-corrected chi connectivity index (χ0v) is 12.9. The Kier molecular flexibility index (Phi) is 3.90. The minimum Gasteiger partial charge on any atom is -0.123 e. The predicted octanol–water partition coefficient (Wildman–Crippen LogP) is 5.71. The van der Waals surface area contributed by atoms with Gasteiger partial charge in [-0.15, -0.1) is 23.5 Å². The van der Waals surface area contributed by atoms with Gasteiger partial charge in [0.1, 0.15) is 0 Å². The molecule has 0 aliphatic carbocycles. The van der Waals surface area contributed by atoms with Crippen LogP contribution in [0.2, 0.25) is 0 Å². The predicted molar refractivity (Wildman–Crippen MR) is 86.2 cm³/mol. The van der Waals surface area contributed by atoms with Crippen LogP contribution in [0.1, 0.15) is 29.7 Å². The van der Waals surface area contributed by atoms with Crippen molar-refractivity contribution in [3.05, 3.63) is 59.7 Å². The number of benzene rings is 2. The Morgan fingerprint density at radius 2 is 1.79 bits per heavy atom. The van der Waals surface area contributed by atoms with E-state index < -0.39 is 0 Å². The maximum absolute atomic E-state index is 2.34. The zero-order valence-electron chi connectivity index (χ0n) is 11.3. The van der Waals surface area contributed by atoms with Gasteiger partial charge in [0.05, 0.1) is 0 Å². The molecule has 0 nitrogen and oxygen atoms in total. The van der Waals surface area contributed by atoms with Crippen LogP contribution in [0.3, 0.4) is 0 Å². The Morgan fingerprint density at radius 3 is 2.58 bits per heavy atom. The summed E-state index contributed by atoms with van der Waals surface area (Å²) in [5.74, 6) is 0. The van der Waals surface area contributed by atoms with E-state index in [1.54, 1.807) is 0 Å². The highest BCUT2D eigenvalue weighted by Gasteiger charge is 2.25. The molecule has 0 radical (unpaired) electrons. The Bertz CT molecular complexity index is 560. The molecule has 0 bridgehead atoms. The summed E-state index contributed by atoms with van der Waals surface area (Å²) >= 11 is 4.02. The van der Waals surface area contributed by atoms with Gasteiger partial charge in [-0.05, 0) is 37.1 Å². The van der Waals surface area contributed by atoms with E-state index in [0.29, 0.717) is 10.5 Å². The molecule has 1 aliphatic rings. The number of fused-ring (bicyclic) bond motifs is 1. The van der Waals surface area contributed by atoms with E-state index in [2.05, 4.69) is 62.4 Å². The smallest absolute Gasteiger partial charge is 0.0366 e. The lowest BCUT2D eigenvalue weighted by molar-refractivity contribution is 0.763. The standard InChI is InChI=1S/C17H18S2/c1-12-7-9-14(10-8-12)19-17-11-13(2)18-16-6-4-3-5-15(16)17/h3-10,13,17H,11H2,1-2H3/t13-,17-/m1/s1. The fourth-order valence-electron chi connectivity index (χ4n) is 2.44. The normalized spacial score (nSPS) is 22.0. The molecule has 2 heteroatoms. The summed E-state index contributed by atoms with van der Waals surface area (Å²) in [7, 11) is 0. The molecule has 2 atom stereocenters. The third-order valence-electron chi connectivity index (χ3n) is 3.44. The fraction of sp³-hybridized carbons (Fsp3) is 0.294. The van der Waals surface area contributed by atoms with E-state index in [-0.39, 0.29) is 0 Å². The van der Waals surface area contributed by atoms with Crippen molar-refractivity contribution in [3.63, 3.8) is 0 Å². The second kappa shape index (κ2) is 5.64. The van der Waals surface area contributed by atoms with Gasteiger partial charge in [-0.25, -0.2) is 0 Å². The molecular formula is C17H18S2. The van der Waals surface area contributed by atoms with Crippen molar-refractivity contribution >= 4 is 23.5 Å². The Hall–Kier alpha value is -0.860. The number of rotatable bonds is 2. The van der Waals surface area contributed by atoms with Crippen LogP contribution in [0, 0.1) is 6.92 Å². The molecule has 0 N–H and O–H groups in total. The molecule has 0 saturated heterocycles. The molecule has 19 heavy (non-hydrogen) atoms. The summed E-state index contributed by atoms with van der Waals surface area (Å²) in [6, 6.07) is 17.8. The van der Waals surface area contributed by atoms with Crippen LogP contribution in [0.25, 0.3) is 0 Å². The van der Waals surface area contributed by atoms with Crippen LogP contribution < -0.4 is 0 Å². The van der Waals surface area contributed by atoms with Gasteiger partial charge >= 0.3 is 0 Å². The molecule has 2 aromatic rings. The first-order chi connectivity index (χ1) is 9.22. The maximum Gasteiger partial charge on any atom is 0.0366 e. The lowest BCUT2D eigenvalue weighted by Crippen LogP contribution is -2.10. The molecule has 0 amide bonds. The highest BCUT2D eigenvalue weighted by molar-refractivity contribution is 8.01. The minimum absolute atomic E-state index is 0.593. The number of aryl methyl sites for hydroxylation is 1. The Labute approximate surface area is 124 Å². The highest BCUT2D eigenvalue weighted by Crippen LogP contribution is 2.48. The van der Waals surface area contributed by atoms with Crippen molar-refractivity contribution in [1.29, 1.82) is 0 Å². The van der Waals surface area contributed by atoms with Crippen LogP contribution in [0.15, 0.2) is 58.3 Å². The van der Waals surface area contributed by atoms with Crippen molar-refractivity contribution in [1.82, 2.24) is 0 Å². The monoisotopic (exact) mass is 286 g/mol. The molecule has 1 aliphatic heterocycles. The summed E-state index contributed by atoms with van der Waals surface area (Å²) in [5.41, 5.74) is 2.84. The summed E-state index contributed by atoms with van der Waals surface area (Å²) in [6.07, 6.45) is 1.25. The van der Waals surface area contributed by atoms with Crippen LogP contribution >= 0.6 is 23.5 Å². The van der Waals surface area contributed by atoms with E-state index >= 15 is 0 Å². The van der Waals surface area contributed by atoms with Crippen LogP contribution in [0.4, 0.5) is 0 Å². The third kappa shape index (κ3) is 3.01. The average molecular weight is 286 g/mol. The van der Waals surface area contributed by atoms with Crippen molar-refractivity contribution in [2.45, 2.75) is 40.6 Å². The van der Waals surface area contributed by atoms with Crippen LogP contribution in [-0.4, -0.2) is 5.25 Å². The van der Waals surface area contributed by atoms with Gasteiger partial charge in [-0.3, -0.25) is 0 Å². The summed E-state index contributed by atoms with van der Waals surface area (Å²) in [4.78, 5) is 2.84. The van der Waals surface area contributed by atoms with Crippen molar-refractivity contribution in [2.75, 3.05) is 0 Å². The quantitative estimate of drug-likeness (QED) is 0.693. The highest BCUT2D eigenvalue weighted by atomic mass is 32.2. The third-order valence-corrected chi connectivity index (χ3v) is 5.94. The van der Waals surface area contributed by atoms with Gasteiger partial charge in [-0.2, -0.15) is 0 Å². The van der Waals surface area contributed by atoms with Crippen LogP contribution in [-0.2, 0) is 0 Å². The first kappa shape index (κ1) is 13.1. The lowest BCUT2D eigenvalue weighted by Gasteiger charge is -2.28. The molecule has 0 spiro atoms. The van der Waals surface area contributed by atoms with E-state index in [0.717, 1.165) is 0 Å². The second-order valence-corrected chi connectivity index (χ2v) is 7.88. The van der Waals surface area contributed by atoms with Gasteiger partial charge in [0.15, 0.2) is 0 Å². The number of hydrogen-bond acceptors (Lipinski definition) is 2. The van der Waals surface area contributed by atoms with E-state index in [9.17, 15) is 0 Å². The topological polar surface area (TPSA) is 0 Å². The van der Waals surface area contributed by atoms with Gasteiger partial charge in [0.2, 0.25) is 0 Å². The maximum atomic E-state index is 2.34. The second-order valence-electron chi connectivity index (χ2n) is 5.12. The first-order valence-corrected chi connectivity index (χ1v) is 8.47. The summed E-state index contributed by atoms with van der Waals surface area (Å²) in [6.45, 7) is 4.48. The SMILES string of the molecule is Cc1ccc(S[C@@H]2C[C@@H](C)Sc3ccccc32)cc1. The molecule has 0 aromatic heterocycles. The fourth-order valence-corrected chi connectivity index (χ4v) is 5.20. The molecule has 3 rings (SSSR count). The van der Waals surface area contributed by atoms with Gasteiger partial charge in [0, 0.05) is 20.3 Å². The number of thioether (sulfide) groups is 2. The van der Waals surface area contributed by atoms with Gasteiger partial charge in [0.25, 0.3) is 0 Å². The molecule has 1 heterocycles. The molecular weight excluding hydrogens is 268 g/mol.